The first-order valence-electron chi connectivity index (χ1n) is 19.4. The molecule has 4 heteroatoms. The average Bonchev–Trinajstić information content (AvgIpc) is 2.96. The summed E-state index contributed by atoms with van der Waals surface area (Å²) in [5, 5.41) is 31.4. The summed E-state index contributed by atoms with van der Waals surface area (Å²) in [5.74, 6) is 0.394. The molecule has 1 unspecified atom stereocenters. The van der Waals surface area contributed by atoms with E-state index in [1.54, 1.807) is 0 Å². The zero-order chi connectivity index (χ0) is 30.8. The molecule has 0 amide bonds. The molecule has 0 aliphatic carbocycles. The summed E-state index contributed by atoms with van der Waals surface area (Å²) in [7, 11) is 0. The Bertz CT molecular complexity index is 487. The van der Waals surface area contributed by atoms with E-state index in [4.69, 9.17) is 0 Å². The molecule has 42 heavy (non-hydrogen) atoms. The molecule has 0 rings (SSSR count). The Morgan fingerprint density at radius 1 is 0.381 bits per heavy atom. The van der Waals surface area contributed by atoms with Crippen molar-refractivity contribution in [3.05, 3.63) is 5.21 Å². The van der Waals surface area contributed by atoms with E-state index in [-0.39, 0.29) is 6.54 Å². The monoisotopic (exact) mass is 597 g/mol. The minimum absolute atomic E-state index is 0.186. The molecule has 0 radical (unpaired) electrons. The van der Waals surface area contributed by atoms with Crippen LogP contribution < -0.4 is 0 Å². The van der Waals surface area contributed by atoms with Gasteiger partial charge in [0.15, 0.2) is 6.29 Å². The quantitative estimate of drug-likeness (QED) is 0.0429. The zero-order valence-electron chi connectivity index (χ0n) is 28.9. The number of hydroxylamine groups is 2. The maximum absolute atomic E-state index is 12.2. The summed E-state index contributed by atoms with van der Waals surface area (Å²) in [6.07, 6.45) is 42.0. The fourth-order valence-electron chi connectivity index (χ4n) is 6.48. The van der Waals surface area contributed by atoms with E-state index in [0.717, 1.165) is 17.9 Å². The van der Waals surface area contributed by atoms with Gasteiger partial charge in [0.1, 0.15) is 0 Å². The van der Waals surface area contributed by atoms with E-state index in [9.17, 15) is 15.4 Å². The predicted molar refractivity (Wildman–Crippen MR) is 186 cm³/mol. The second-order valence-corrected chi connectivity index (χ2v) is 13.7. The molecule has 0 saturated carbocycles. The van der Waals surface area contributed by atoms with Crippen molar-refractivity contribution in [1.29, 1.82) is 0 Å². The number of aliphatic hydroxyl groups is 2. The van der Waals surface area contributed by atoms with E-state index < -0.39 is 6.29 Å². The molecule has 0 aromatic carbocycles. The lowest BCUT2D eigenvalue weighted by atomic mass is 9.93. The molecule has 1 atom stereocenters. The normalized spacial score (nSPS) is 12.6. The fourth-order valence-corrected chi connectivity index (χ4v) is 6.48. The van der Waals surface area contributed by atoms with Gasteiger partial charge in [-0.15, -0.1) is 0 Å². The van der Waals surface area contributed by atoms with Gasteiger partial charge >= 0.3 is 0 Å². The fraction of sp³-hybridized carbons (Fsp3) is 1.00. The van der Waals surface area contributed by atoms with Gasteiger partial charge in [-0.1, -0.05) is 206 Å². The number of hydrogen-bond donors (Lipinski definition) is 2. The van der Waals surface area contributed by atoms with E-state index in [0.29, 0.717) is 12.5 Å². The lowest BCUT2D eigenvalue weighted by Crippen LogP contribution is -2.31. The standard InChI is InChI=1S/C38H78NO3/c1-3-5-7-9-11-13-15-17-19-20-22-24-26-28-30-32-34-37(35-39(42)36-38(40)41)33-31-29-27-25-23-21-18-16-14-12-10-8-6-4-2/h37-38,40-41H,3-36H2,1-2H3/q-1. The lowest BCUT2D eigenvalue weighted by Gasteiger charge is -2.33. The van der Waals surface area contributed by atoms with Crippen LogP contribution >= 0.6 is 0 Å². The second-order valence-electron chi connectivity index (χ2n) is 13.7. The molecule has 0 aliphatic rings. The Labute approximate surface area is 264 Å². The van der Waals surface area contributed by atoms with Crippen molar-refractivity contribution in [1.82, 2.24) is 5.06 Å². The molecule has 2 N–H and O–H groups in total. The highest BCUT2D eigenvalue weighted by atomic mass is 16.5. The first-order chi connectivity index (χ1) is 20.6. The Balaban J connectivity index is 3.74. The van der Waals surface area contributed by atoms with Crippen molar-refractivity contribution in [3.63, 3.8) is 0 Å². The number of aliphatic hydroxyl groups excluding tert-OH is 1. The summed E-state index contributed by atoms with van der Waals surface area (Å²) in [6.45, 7) is 4.84. The summed E-state index contributed by atoms with van der Waals surface area (Å²) in [5.41, 5.74) is 0. The molecule has 4 nitrogen and oxygen atoms in total. The van der Waals surface area contributed by atoms with Crippen LogP contribution in [0.2, 0.25) is 0 Å². The van der Waals surface area contributed by atoms with Crippen molar-refractivity contribution in [2.45, 2.75) is 226 Å². The number of nitrogens with zero attached hydrogens (tertiary/aromatic N) is 1. The van der Waals surface area contributed by atoms with Crippen LogP contribution in [0.4, 0.5) is 0 Å². The van der Waals surface area contributed by atoms with Gasteiger partial charge in [-0.3, -0.25) is 0 Å². The first kappa shape index (κ1) is 41.8. The highest BCUT2D eigenvalue weighted by Gasteiger charge is 2.11. The first-order valence-corrected chi connectivity index (χ1v) is 19.4. The van der Waals surface area contributed by atoms with E-state index in [2.05, 4.69) is 13.8 Å². The zero-order valence-corrected chi connectivity index (χ0v) is 28.9. The molecule has 0 aromatic rings. The SMILES string of the molecule is CCCCCCCCCCCCCCCCCCC(CCCCCCCCCCCCCCCC)CN([O-])CC(O)O. The second kappa shape index (κ2) is 35.3. The molecule has 0 bridgehead atoms. The van der Waals surface area contributed by atoms with E-state index in [1.165, 1.54) is 193 Å². The Morgan fingerprint density at radius 2 is 0.619 bits per heavy atom. The van der Waals surface area contributed by atoms with Gasteiger partial charge in [-0.2, -0.15) is 0 Å². The third-order valence-electron chi connectivity index (χ3n) is 9.26. The maximum Gasteiger partial charge on any atom is 0.163 e. The molecule has 0 fully saturated rings. The number of unbranched alkanes of at least 4 members (excludes halogenated alkanes) is 28. The summed E-state index contributed by atoms with van der Waals surface area (Å²) >= 11 is 0. The van der Waals surface area contributed by atoms with Crippen LogP contribution in [0.25, 0.3) is 0 Å². The number of hydrogen-bond acceptors (Lipinski definition) is 4. The van der Waals surface area contributed by atoms with Crippen molar-refractivity contribution >= 4 is 0 Å². The third-order valence-corrected chi connectivity index (χ3v) is 9.26. The van der Waals surface area contributed by atoms with Crippen molar-refractivity contribution in [3.8, 4) is 0 Å². The smallest absolute Gasteiger partial charge is 0.163 e. The van der Waals surface area contributed by atoms with Gasteiger partial charge in [0.05, 0.1) is 0 Å². The Morgan fingerprint density at radius 3 is 0.857 bits per heavy atom. The lowest BCUT2D eigenvalue weighted by molar-refractivity contribution is -0.0558. The van der Waals surface area contributed by atoms with Gasteiger partial charge in [0.2, 0.25) is 0 Å². The van der Waals surface area contributed by atoms with E-state index >= 15 is 0 Å². The van der Waals surface area contributed by atoms with Crippen molar-refractivity contribution in [2.24, 2.45) is 5.92 Å². The van der Waals surface area contributed by atoms with Crippen LogP contribution in [0.5, 0.6) is 0 Å². The van der Waals surface area contributed by atoms with Gasteiger partial charge < -0.3 is 20.5 Å². The van der Waals surface area contributed by atoms with Gasteiger partial charge in [0.25, 0.3) is 0 Å². The molecular formula is C38H78NO3-. The van der Waals surface area contributed by atoms with Crippen LogP contribution in [0.15, 0.2) is 0 Å². The minimum Gasteiger partial charge on any atom is -0.785 e. The topological polar surface area (TPSA) is 66.8 Å². The van der Waals surface area contributed by atoms with Crippen molar-refractivity contribution in [2.75, 3.05) is 13.1 Å². The van der Waals surface area contributed by atoms with Gasteiger partial charge in [-0.05, 0) is 25.3 Å². The summed E-state index contributed by atoms with van der Waals surface area (Å²) < 4.78 is 0. The van der Waals surface area contributed by atoms with Crippen LogP contribution in [0.1, 0.15) is 219 Å². The Kier molecular flexibility index (Phi) is 35.2. The number of rotatable bonds is 36. The largest absolute Gasteiger partial charge is 0.785 e. The summed E-state index contributed by atoms with van der Waals surface area (Å²) in [6, 6.07) is 0. The van der Waals surface area contributed by atoms with Crippen LogP contribution in [-0.4, -0.2) is 34.7 Å². The van der Waals surface area contributed by atoms with Gasteiger partial charge in [0, 0.05) is 6.54 Å². The predicted octanol–water partition coefficient (Wildman–Crippen LogP) is 12.2. The molecule has 0 spiro atoms. The molecule has 0 aliphatic heterocycles. The van der Waals surface area contributed by atoms with Crippen LogP contribution in [-0.2, 0) is 0 Å². The summed E-state index contributed by atoms with van der Waals surface area (Å²) in [4.78, 5) is 0. The molecule has 0 saturated heterocycles. The highest BCUT2D eigenvalue weighted by molar-refractivity contribution is 4.68. The molecule has 0 heterocycles. The Hall–Kier alpha value is -0.160. The maximum atomic E-state index is 12.2. The van der Waals surface area contributed by atoms with Crippen molar-refractivity contribution < 1.29 is 10.2 Å². The molecular weight excluding hydrogens is 518 g/mol. The third kappa shape index (κ3) is 34.3. The molecule has 254 valence electrons. The van der Waals surface area contributed by atoms with E-state index in [1.807, 2.05) is 0 Å². The average molecular weight is 597 g/mol. The van der Waals surface area contributed by atoms with Gasteiger partial charge in [-0.25, -0.2) is 0 Å². The van der Waals surface area contributed by atoms with Crippen LogP contribution in [0.3, 0.4) is 0 Å². The van der Waals surface area contributed by atoms with Crippen LogP contribution in [0, 0.1) is 11.1 Å². The minimum atomic E-state index is -1.53. The molecule has 0 aromatic heterocycles. The highest BCUT2D eigenvalue weighted by Crippen LogP contribution is 2.21.